The molecule has 144 valence electrons. The third-order valence-corrected chi connectivity index (χ3v) is 5.76. The van der Waals surface area contributed by atoms with Crippen molar-refractivity contribution in [1.82, 2.24) is 4.98 Å². The molecule has 1 heterocycles. The Bertz CT molecular complexity index is 847. The summed E-state index contributed by atoms with van der Waals surface area (Å²) in [6.07, 6.45) is 2.09. The van der Waals surface area contributed by atoms with Crippen LogP contribution in [-0.2, 0) is 27.2 Å². The Balaban J connectivity index is 1.57. The summed E-state index contributed by atoms with van der Waals surface area (Å²) in [4.78, 5) is 29.7. The number of aromatic nitrogens is 1. The van der Waals surface area contributed by atoms with E-state index < -0.39 is 0 Å². The smallest absolute Gasteiger partial charge is 0.309 e. The zero-order valence-corrected chi connectivity index (χ0v) is 16.6. The summed E-state index contributed by atoms with van der Waals surface area (Å²) in [7, 11) is 0. The van der Waals surface area contributed by atoms with Crippen molar-refractivity contribution in [3.8, 4) is 5.75 Å². The van der Waals surface area contributed by atoms with E-state index in [1.807, 2.05) is 39.0 Å². The van der Waals surface area contributed by atoms with Gasteiger partial charge in [0.05, 0.1) is 18.2 Å². The molecule has 0 aliphatic heterocycles. The maximum atomic E-state index is 12.2. The van der Waals surface area contributed by atoms with E-state index in [9.17, 15) is 9.59 Å². The van der Waals surface area contributed by atoms with E-state index in [-0.39, 0.29) is 24.4 Å². The maximum absolute atomic E-state index is 12.2. The third kappa shape index (κ3) is 4.66. The summed E-state index contributed by atoms with van der Waals surface area (Å²) >= 11 is 1.42. The van der Waals surface area contributed by atoms with Crippen molar-refractivity contribution in [3.63, 3.8) is 0 Å². The molecule has 1 atom stereocenters. The second-order valence-electron chi connectivity index (χ2n) is 6.62. The fourth-order valence-corrected chi connectivity index (χ4v) is 4.17. The number of fused-ring (bicyclic) bond motifs is 1. The molecule has 0 saturated heterocycles. The Hall–Kier alpha value is -2.41. The molecule has 0 saturated carbocycles. The molecular formula is C20H24N2O4S. The van der Waals surface area contributed by atoms with Gasteiger partial charge in [-0.1, -0.05) is 12.1 Å². The molecule has 3 rings (SSSR count). The van der Waals surface area contributed by atoms with Crippen LogP contribution in [-0.4, -0.2) is 30.1 Å². The molecule has 1 N–H and O–H groups in total. The van der Waals surface area contributed by atoms with Gasteiger partial charge in [-0.15, -0.1) is 11.3 Å². The number of carbonyl (C=O) groups is 2. The number of anilines is 1. The van der Waals surface area contributed by atoms with Crippen molar-refractivity contribution in [3.05, 3.63) is 39.9 Å². The van der Waals surface area contributed by atoms with Crippen molar-refractivity contribution in [2.75, 3.05) is 18.5 Å². The Morgan fingerprint density at radius 1 is 1.33 bits per heavy atom. The highest BCUT2D eigenvalue weighted by Crippen LogP contribution is 2.33. The number of nitrogens with one attached hydrogen (secondary N) is 1. The predicted octanol–water partition coefficient (Wildman–Crippen LogP) is 3.45. The monoisotopic (exact) mass is 388 g/mol. The minimum Gasteiger partial charge on any atom is -0.483 e. The van der Waals surface area contributed by atoms with Crippen molar-refractivity contribution in [2.24, 2.45) is 5.92 Å². The number of nitrogens with zero attached hydrogens (tertiary/aromatic N) is 1. The number of esters is 1. The quantitative estimate of drug-likeness (QED) is 0.767. The zero-order chi connectivity index (χ0) is 19.4. The Morgan fingerprint density at radius 3 is 2.93 bits per heavy atom. The van der Waals surface area contributed by atoms with Gasteiger partial charge in [0.1, 0.15) is 5.75 Å². The minimum atomic E-state index is -0.246. The molecule has 1 amide bonds. The molecule has 1 unspecified atom stereocenters. The van der Waals surface area contributed by atoms with Crippen LogP contribution in [0.25, 0.3) is 0 Å². The fourth-order valence-electron chi connectivity index (χ4n) is 3.07. The van der Waals surface area contributed by atoms with Gasteiger partial charge in [0.2, 0.25) is 0 Å². The molecule has 0 radical (unpaired) electrons. The SMILES string of the molecule is CCOC(=O)C1CCc2nc(NC(=O)COc3cccc(C)c3C)sc2C1. The van der Waals surface area contributed by atoms with Gasteiger partial charge in [-0.05, 0) is 57.2 Å². The number of rotatable bonds is 6. The molecule has 1 aliphatic carbocycles. The largest absolute Gasteiger partial charge is 0.483 e. The van der Waals surface area contributed by atoms with E-state index in [2.05, 4.69) is 10.3 Å². The van der Waals surface area contributed by atoms with Crippen LogP contribution in [0.5, 0.6) is 5.75 Å². The molecule has 0 fully saturated rings. The first-order valence-corrected chi connectivity index (χ1v) is 9.93. The number of aryl methyl sites for hydroxylation is 2. The molecule has 6 nitrogen and oxygen atoms in total. The highest BCUT2D eigenvalue weighted by molar-refractivity contribution is 7.15. The van der Waals surface area contributed by atoms with Crippen LogP contribution in [0, 0.1) is 19.8 Å². The second kappa shape index (κ2) is 8.52. The van der Waals surface area contributed by atoms with Gasteiger partial charge in [0.25, 0.3) is 5.91 Å². The van der Waals surface area contributed by atoms with E-state index in [0.717, 1.165) is 34.5 Å². The summed E-state index contributed by atoms with van der Waals surface area (Å²) < 4.78 is 10.8. The lowest BCUT2D eigenvalue weighted by atomic mass is 9.91. The van der Waals surface area contributed by atoms with Crippen molar-refractivity contribution < 1.29 is 19.1 Å². The molecular weight excluding hydrogens is 364 g/mol. The summed E-state index contributed by atoms with van der Waals surface area (Å²) in [5.41, 5.74) is 3.11. The lowest BCUT2D eigenvalue weighted by molar-refractivity contribution is -0.148. The Kier molecular flexibility index (Phi) is 6.11. The number of carbonyl (C=O) groups excluding carboxylic acids is 2. The van der Waals surface area contributed by atoms with Crippen LogP contribution in [0.15, 0.2) is 18.2 Å². The fraction of sp³-hybridized carbons (Fsp3) is 0.450. The van der Waals surface area contributed by atoms with Crippen LogP contribution >= 0.6 is 11.3 Å². The van der Waals surface area contributed by atoms with Crippen molar-refractivity contribution >= 4 is 28.3 Å². The Morgan fingerprint density at radius 2 is 2.15 bits per heavy atom. The highest BCUT2D eigenvalue weighted by atomic mass is 32.1. The molecule has 1 aromatic heterocycles. The third-order valence-electron chi connectivity index (χ3n) is 4.72. The predicted molar refractivity (Wildman–Crippen MR) is 104 cm³/mol. The number of amides is 1. The molecule has 7 heteroatoms. The standard InChI is InChI=1S/C20H24N2O4S/c1-4-25-19(24)14-8-9-15-17(10-14)27-20(21-15)22-18(23)11-26-16-7-5-6-12(2)13(16)3/h5-7,14H,4,8-11H2,1-3H3,(H,21,22,23). The first kappa shape index (κ1) is 19.4. The van der Waals surface area contributed by atoms with Gasteiger partial charge in [-0.25, -0.2) is 4.98 Å². The van der Waals surface area contributed by atoms with Gasteiger partial charge in [0, 0.05) is 4.88 Å². The van der Waals surface area contributed by atoms with Crippen LogP contribution < -0.4 is 10.1 Å². The lowest BCUT2D eigenvalue weighted by Gasteiger charge is -2.18. The first-order valence-electron chi connectivity index (χ1n) is 9.12. The second-order valence-corrected chi connectivity index (χ2v) is 7.70. The average molecular weight is 388 g/mol. The molecule has 27 heavy (non-hydrogen) atoms. The first-order chi connectivity index (χ1) is 13.0. The summed E-state index contributed by atoms with van der Waals surface area (Å²) in [5, 5.41) is 3.35. The average Bonchev–Trinajstić information content (AvgIpc) is 3.04. The number of ether oxygens (including phenoxy) is 2. The van der Waals surface area contributed by atoms with E-state index in [0.29, 0.717) is 23.9 Å². The number of thiazole rings is 1. The van der Waals surface area contributed by atoms with Gasteiger partial charge in [-0.2, -0.15) is 0 Å². The van der Waals surface area contributed by atoms with E-state index in [1.54, 1.807) is 0 Å². The normalized spacial score (nSPS) is 15.7. The Labute approximate surface area is 162 Å². The van der Waals surface area contributed by atoms with Gasteiger partial charge in [0.15, 0.2) is 11.7 Å². The van der Waals surface area contributed by atoms with E-state index in [4.69, 9.17) is 9.47 Å². The van der Waals surface area contributed by atoms with Crippen molar-refractivity contribution in [1.29, 1.82) is 0 Å². The summed E-state index contributed by atoms with van der Waals surface area (Å²) in [6.45, 7) is 6.11. The number of hydrogen-bond acceptors (Lipinski definition) is 6. The maximum Gasteiger partial charge on any atom is 0.309 e. The highest BCUT2D eigenvalue weighted by Gasteiger charge is 2.28. The van der Waals surface area contributed by atoms with Gasteiger partial charge >= 0.3 is 5.97 Å². The van der Waals surface area contributed by atoms with Gasteiger partial charge < -0.3 is 9.47 Å². The van der Waals surface area contributed by atoms with Gasteiger partial charge in [-0.3, -0.25) is 14.9 Å². The van der Waals surface area contributed by atoms with E-state index in [1.165, 1.54) is 11.3 Å². The zero-order valence-electron chi connectivity index (χ0n) is 15.8. The molecule has 1 aromatic carbocycles. The molecule has 0 spiro atoms. The van der Waals surface area contributed by atoms with E-state index >= 15 is 0 Å². The summed E-state index contributed by atoms with van der Waals surface area (Å²) in [5.74, 6) is 0.197. The number of hydrogen-bond donors (Lipinski definition) is 1. The van der Waals surface area contributed by atoms with Crippen LogP contribution in [0.2, 0.25) is 0 Å². The summed E-state index contributed by atoms with van der Waals surface area (Å²) in [6, 6.07) is 5.77. The lowest BCUT2D eigenvalue weighted by Crippen LogP contribution is -2.24. The molecule has 2 aromatic rings. The van der Waals surface area contributed by atoms with Crippen LogP contribution in [0.1, 0.15) is 35.0 Å². The minimum absolute atomic E-state index is 0.0695. The molecule has 1 aliphatic rings. The van der Waals surface area contributed by atoms with Crippen LogP contribution in [0.4, 0.5) is 5.13 Å². The van der Waals surface area contributed by atoms with Crippen LogP contribution in [0.3, 0.4) is 0 Å². The van der Waals surface area contributed by atoms with Crippen molar-refractivity contribution in [2.45, 2.75) is 40.0 Å². The number of benzene rings is 1. The molecule has 0 bridgehead atoms. The topological polar surface area (TPSA) is 77.5 Å².